The number of benzene rings is 2. The Morgan fingerprint density at radius 2 is 1.86 bits per heavy atom. The minimum absolute atomic E-state index is 0.0291. The van der Waals surface area contributed by atoms with Gasteiger partial charge in [-0.15, -0.1) is 0 Å². The minimum atomic E-state index is -3.80. The molecule has 2 aromatic carbocycles. The predicted molar refractivity (Wildman–Crippen MR) is 81.2 cm³/mol. The predicted octanol–water partition coefficient (Wildman–Crippen LogP) is 3.17. The van der Waals surface area contributed by atoms with E-state index >= 15 is 0 Å². The summed E-state index contributed by atoms with van der Waals surface area (Å²) in [5, 5.41) is 8.90. The highest BCUT2D eigenvalue weighted by atomic mass is 35.5. The zero-order chi connectivity index (χ0) is 16.3. The maximum Gasteiger partial charge on any atom is 0.243 e. The van der Waals surface area contributed by atoms with E-state index in [0.29, 0.717) is 5.56 Å². The molecule has 4 nitrogen and oxygen atoms in total. The topological polar surface area (TPSA) is 61.2 Å². The van der Waals surface area contributed by atoms with Crippen LogP contribution in [0.25, 0.3) is 0 Å². The van der Waals surface area contributed by atoms with Gasteiger partial charge in [-0.3, -0.25) is 0 Å². The molecule has 114 valence electrons. The lowest BCUT2D eigenvalue weighted by molar-refractivity contribution is 0.456. The van der Waals surface area contributed by atoms with Crippen LogP contribution in [0.1, 0.15) is 11.1 Å². The molecule has 0 aromatic heterocycles. The van der Waals surface area contributed by atoms with Gasteiger partial charge in [-0.1, -0.05) is 17.7 Å². The van der Waals surface area contributed by atoms with Crippen molar-refractivity contribution >= 4 is 21.6 Å². The van der Waals surface area contributed by atoms with Crippen LogP contribution in [-0.4, -0.2) is 19.8 Å². The molecule has 0 bridgehead atoms. The number of sulfonamides is 1. The van der Waals surface area contributed by atoms with Gasteiger partial charge >= 0.3 is 0 Å². The van der Waals surface area contributed by atoms with Crippen LogP contribution in [0.5, 0.6) is 0 Å². The summed E-state index contributed by atoms with van der Waals surface area (Å²) < 4.78 is 39.6. The monoisotopic (exact) mass is 338 g/mol. The van der Waals surface area contributed by atoms with Crippen molar-refractivity contribution in [3.8, 4) is 6.07 Å². The molecule has 7 heteroatoms. The van der Waals surface area contributed by atoms with E-state index < -0.39 is 15.8 Å². The number of nitriles is 1. The third-order valence-electron chi connectivity index (χ3n) is 3.13. The van der Waals surface area contributed by atoms with Crippen molar-refractivity contribution in [1.82, 2.24) is 4.31 Å². The van der Waals surface area contributed by atoms with Crippen LogP contribution in [0.15, 0.2) is 47.4 Å². The summed E-state index contributed by atoms with van der Waals surface area (Å²) in [6.45, 7) is -0.187. The van der Waals surface area contributed by atoms with Crippen LogP contribution < -0.4 is 0 Å². The van der Waals surface area contributed by atoms with Crippen molar-refractivity contribution in [2.45, 2.75) is 11.4 Å². The third kappa shape index (κ3) is 3.28. The summed E-state index contributed by atoms with van der Waals surface area (Å²) >= 11 is 5.91. The maximum absolute atomic E-state index is 13.8. The van der Waals surface area contributed by atoms with Gasteiger partial charge in [-0.25, -0.2) is 12.8 Å². The molecule has 22 heavy (non-hydrogen) atoms. The minimum Gasteiger partial charge on any atom is -0.207 e. The molecule has 2 rings (SSSR count). The molecule has 0 radical (unpaired) electrons. The van der Waals surface area contributed by atoms with Crippen LogP contribution in [0.2, 0.25) is 5.02 Å². The normalized spacial score (nSPS) is 11.4. The van der Waals surface area contributed by atoms with Crippen molar-refractivity contribution in [3.63, 3.8) is 0 Å². The summed E-state index contributed by atoms with van der Waals surface area (Å²) in [5.41, 5.74) is 0.475. The Labute approximate surface area is 133 Å². The van der Waals surface area contributed by atoms with Gasteiger partial charge in [-0.05, 0) is 36.4 Å². The lowest BCUT2D eigenvalue weighted by Gasteiger charge is -2.18. The molecule has 0 saturated carbocycles. The zero-order valence-corrected chi connectivity index (χ0v) is 13.2. The van der Waals surface area contributed by atoms with Gasteiger partial charge in [0, 0.05) is 24.2 Å². The van der Waals surface area contributed by atoms with E-state index in [0.717, 1.165) is 4.31 Å². The average Bonchev–Trinajstić information content (AvgIpc) is 2.51. The Morgan fingerprint density at radius 1 is 1.23 bits per heavy atom. The van der Waals surface area contributed by atoms with Crippen LogP contribution in [0.4, 0.5) is 4.39 Å². The fraction of sp³-hybridized carbons (Fsp3) is 0.133. The van der Waals surface area contributed by atoms with Gasteiger partial charge in [0.2, 0.25) is 10.0 Å². The number of nitrogens with zero attached hydrogens (tertiary/aromatic N) is 2. The van der Waals surface area contributed by atoms with E-state index in [4.69, 9.17) is 16.9 Å². The van der Waals surface area contributed by atoms with Gasteiger partial charge in [0.25, 0.3) is 0 Å². The van der Waals surface area contributed by atoms with Crippen LogP contribution in [0.3, 0.4) is 0 Å². The molecule has 0 aliphatic heterocycles. The second-order valence-electron chi connectivity index (χ2n) is 4.60. The van der Waals surface area contributed by atoms with Gasteiger partial charge in [0.1, 0.15) is 5.82 Å². The first-order valence-electron chi connectivity index (χ1n) is 6.25. The zero-order valence-electron chi connectivity index (χ0n) is 11.6. The first-order chi connectivity index (χ1) is 10.4. The first kappa shape index (κ1) is 16.4. The lowest BCUT2D eigenvalue weighted by atomic mass is 10.2. The molecule has 0 fully saturated rings. The van der Waals surface area contributed by atoms with Gasteiger partial charge in [-0.2, -0.15) is 9.57 Å². The van der Waals surface area contributed by atoms with E-state index in [1.807, 2.05) is 6.07 Å². The number of rotatable bonds is 4. The highest BCUT2D eigenvalue weighted by molar-refractivity contribution is 7.89. The van der Waals surface area contributed by atoms with Crippen molar-refractivity contribution < 1.29 is 12.8 Å². The van der Waals surface area contributed by atoms with E-state index in [2.05, 4.69) is 0 Å². The highest BCUT2D eigenvalue weighted by Gasteiger charge is 2.22. The summed E-state index contributed by atoms with van der Waals surface area (Å²) in [7, 11) is -2.45. The number of hydrogen-bond donors (Lipinski definition) is 0. The second kappa shape index (κ2) is 6.44. The van der Waals surface area contributed by atoms with E-state index in [9.17, 15) is 12.8 Å². The molecular weight excluding hydrogens is 327 g/mol. The fourth-order valence-corrected chi connectivity index (χ4v) is 3.23. The maximum atomic E-state index is 13.8. The Hall–Kier alpha value is -1.94. The highest BCUT2D eigenvalue weighted by Crippen LogP contribution is 2.23. The summed E-state index contributed by atoms with van der Waals surface area (Å²) in [4.78, 5) is 0.0291. The molecule has 0 saturated heterocycles. The fourth-order valence-electron chi connectivity index (χ4n) is 1.87. The molecule has 0 spiro atoms. The Morgan fingerprint density at radius 3 is 2.41 bits per heavy atom. The molecule has 0 N–H and O–H groups in total. The van der Waals surface area contributed by atoms with Gasteiger partial charge in [0.15, 0.2) is 0 Å². The van der Waals surface area contributed by atoms with Crippen molar-refractivity contribution in [2.24, 2.45) is 0 Å². The standard InChI is InChI=1S/C15H12ClFN2O2S/c1-19(10-13-14(16)3-2-4-15(13)17)22(20,21)12-7-5-11(9-18)6-8-12/h2-8H,10H2,1H3. The molecule has 0 heterocycles. The lowest BCUT2D eigenvalue weighted by Crippen LogP contribution is -2.27. The molecule has 0 amide bonds. The Balaban J connectivity index is 2.31. The Kier molecular flexibility index (Phi) is 4.81. The molecule has 0 aliphatic carbocycles. The number of hydrogen-bond acceptors (Lipinski definition) is 3. The van der Waals surface area contributed by atoms with E-state index in [-0.39, 0.29) is 22.0 Å². The summed E-state index contributed by atoms with van der Waals surface area (Å²) in [6, 6.07) is 11.6. The molecule has 2 aromatic rings. The van der Waals surface area contributed by atoms with E-state index in [1.165, 1.54) is 49.5 Å². The van der Waals surface area contributed by atoms with Crippen molar-refractivity contribution in [2.75, 3.05) is 7.05 Å². The SMILES string of the molecule is CN(Cc1c(F)cccc1Cl)S(=O)(=O)c1ccc(C#N)cc1. The molecule has 0 atom stereocenters. The largest absolute Gasteiger partial charge is 0.243 e. The molecule has 0 unspecified atom stereocenters. The van der Waals surface area contributed by atoms with Crippen LogP contribution >= 0.6 is 11.6 Å². The van der Waals surface area contributed by atoms with E-state index in [1.54, 1.807) is 0 Å². The third-order valence-corrected chi connectivity index (χ3v) is 5.31. The van der Waals surface area contributed by atoms with Crippen molar-refractivity contribution in [3.05, 3.63) is 64.4 Å². The first-order valence-corrected chi connectivity index (χ1v) is 8.07. The Bertz CT molecular complexity index is 809. The second-order valence-corrected chi connectivity index (χ2v) is 7.05. The van der Waals surface area contributed by atoms with Crippen LogP contribution in [-0.2, 0) is 16.6 Å². The van der Waals surface area contributed by atoms with Crippen molar-refractivity contribution in [1.29, 1.82) is 5.26 Å². The van der Waals surface area contributed by atoms with Gasteiger partial charge in [0.05, 0.1) is 16.5 Å². The molecule has 0 aliphatic rings. The average molecular weight is 339 g/mol. The molecular formula is C15H12ClFN2O2S. The quantitative estimate of drug-likeness (QED) is 0.860. The van der Waals surface area contributed by atoms with Gasteiger partial charge < -0.3 is 0 Å². The van der Waals surface area contributed by atoms with Crippen LogP contribution in [0, 0.1) is 17.1 Å². The number of halogens is 2. The summed E-state index contributed by atoms with van der Waals surface area (Å²) in [5.74, 6) is -0.561. The summed E-state index contributed by atoms with van der Waals surface area (Å²) in [6.07, 6.45) is 0. The smallest absolute Gasteiger partial charge is 0.207 e.